The molecule has 2 aromatic carbocycles. The highest BCUT2D eigenvalue weighted by Gasteiger charge is 2.38. The summed E-state index contributed by atoms with van der Waals surface area (Å²) in [7, 11) is 0. The molecule has 0 spiro atoms. The molecule has 4 nitrogen and oxygen atoms in total. The highest BCUT2D eigenvalue weighted by molar-refractivity contribution is 6.11. The van der Waals surface area contributed by atoms with Gasteiger partial charge in [-0.2, -0.15) is 0 Å². The van der Waals surface area contributed by atoms with Crippen molar-refractivity contribution in [2.75, 3.05) is 4.90 Å². The molecule has 0 unspecified atom stereocenters. The van der Waals surface area contributed by atoms with Crippen molar-refractivity contribution in [1.82, 2.24) is 5.32 Å². The van der Waals surface area contributed by atoms with E-state index < -0.39 is 6.04 Å². The number of anilines is 1. The lowest BCUT2D eigenvalue weighted by Crippen LogP contribution is -2.49. The number of nitrogens with zero attached hydrogens (tertiary/aromatic N) is 1. The number of rotatable bonds is 3. The molecule has 3 rings (SSSR count). The first-order chi connectivity index (χ1) is 11.1. The summed E-state index contributed by atoms with van der Waals surface area (Å²) >= 11 is 0. The van der Waals surface area contributed by atoms with Crippen LogP contribution in [-0.4, -0.2) is 23.9 Å². The molecule has 4 heteroatoms. The molecule has 0 saturated carbocycles. The van der Waals surface area contributed by atoms with Gasteiger partial charge < -0.3 is 5.32 Å². The molecule has 0 aliphatic carbocycles. The van der Waals surface area contributed by atoms with E-state index in [0.717, 1.165) is 11.3 Å². The van der Waals surface area contributed by atoms with Gasteiger partial charge in [-0.1, -0.05) is 36.4 Å². The quantitative estimate of drug-likeness (QED) is 0.948. The van der Waals surface area contributed by atoms with Gasteiger partial charge in [-0.15, -0.1) is 0 Å². The highest BCUT2D eigenvalue weighted by Crippen LogP contribution is 2.33. The molecule has 1 aliphatic heterocycles. The lowest BCUT2D eigenvalue weighted by Gasteiger charge is -2.25. The van der Waals surface area contributed by atoms with E-state index in [2.05, 4.69) is 5.32 Å². The highest BCUT2D eigenvalue weighted by atomic mass is 16.2. The summed E-state index contributed by atoms with van der Waals surface area (Å²) in [6.07, 6.45) is 0.549. The summed E-state index contributed by atoms with van der Waals surface area (Å²) in [5.41, 5.74) is 2.44. The van der Waals surface area contributed by atoms with E-state index in [0.29, 0.717) is 12.0 Å². The van der Waals surface area contributed by atoms with Gasteiger partial charge in [0.2, 0.25) is 5.91 Å². The van der Waals surface area contributed by atoms with Crippen LogP contribution in [0.1, 0.15) is 29.8 Å². The number of benzene rings is 2. The van der Waals surface area contributed by atoms with Crippen LogP contribution in [0.15, 0.2) is 54.6 Å². The van der Waals surface area contributed by atoms with Crippen molar-refractivity contribution in [3.8, 4) is 0 Å². The number of nitrogens with one attached hydrogen (secondary N) is 1. The average Bonchev–Trinajstić information content (AvgIpc) is 2.94. The number of hydrogen-bond donors (Lipinski definition) is 1. The molecule has 0 aromatic heterocycles. The molecule has 0 bridgehead atoms. The fourth-order valence-corrected chi connectivity index (χ4v) is 2.95. The van der Waals surface area contributed by atoms with Crippen molar-refractivity contribution >= 4 is 17.5 Å². The van der Waals surface area contributed by atoms with Crippen LogP contribution in [0.25, 0.3) is 0 Å². The standard InChI is InChI=1S/C19H20N2O2/c1-13(2)20-18(22)17-12-15-10-6-7-11-16(15)21(17)19(23)14-8-4-3-5-9-14/h3-11,13,17H,12H2,1-2H3,(H,20,22)/t17-/m0/s1. The van der Waals surface area contributed by atoms with Crippen LogP contribution in [0.5, 0.6) is 0 Å². The maximum absolute atomic E-state index is 13.0. The van der Waals surface area contributed by atoms with E-state index in [9.17, 15) is 9.59 Å². The Kier molecular flexibility index (Phi) is 4.15. The number of carbonyl (C=O) groups is 2. The SMILES string of the molecule is CC(C)NC(=O)[C@@H]1Cc2ccccc2N1C(=O)c1ccccc1. The number of fused-ring (bicyclic) bond motifs is 1. The predicted octanol–water partition coefficient (Wildman–Crippen LogP) is 2.78. The zero-order valence-electron chi connectivity index (χ0n) is 13.3. The summed E-state index contributed by atoms with van der Waals surface area (Å²) in [6.45, 7) is 3.84. The first-order valence-corrected chi connectivity index (χ1v) is 7.85. The fourth-order valence-electron chi connectivity index (χ4n) is 2.95. The summed E-state index contributed by atoms with van der Waals surface area (Å²) in [5.74, 6) is -0.250. The maximum Gasteiger partial charge on any atom is 0.259 e. The molecule has 0 radical (unpaired) electrons. The molecular formula is C19H20N2O2. The zero-order chi connectivity index (χ0) is 16.4. The van der Waals surface area contributed by atoms with Crippen molar-refractivity contribution in [3.63, 3.8) is 0 Å². The average molecular weight is 308 g/mol. The minimum Gasteiger partial charge on any atom is -0.352 e. The molecule has 1 N–H and O–H groups in total. The molecule has 1 atom stereocenters. The second-order valence-corrected chi connectivity index (χ2v) is 6.05. The van der Waals surface area contributed by atoms with E-state index in [1.165, 1.54) is 0 Å². The van der Waals surface area contributed by atoms with Crippen LogP contribution in [0.2, 0.25) is 0 Å². The first kappa shape index (κ1) is 15.3. The molecule has 1 aliphatic rings. The Bertz CT molecular complexity index is 725. The monoisotopic (exact) mass is 308 g/mol. The Labute approximate surface area is 136 Å². The summed E-state index contributed by atoms with van der Waals surface area (Å²) in [5, 5.41) is 2.92. The van der Waals surface area contributed by atoms with Gasteiger partial charge >= 0.3 is 0 Å². The third-order valence-corrected chi connectivity index (χ3v) is 3.95. The zero-order valence-corrected chi connectivity index (χ0v) is 13.3. The Morgan fingerprint density at radius 3 is 2.39 bits per heavy atom. The van der Waals surface area contributed by atoms with Gasteiger partial charge in [0.25, 0.3) is 5.91 Å². The molecule has 0 saturated heterocycles. The predicted molar refractivity (Wildman–Crippen MR) is 90.5 cm³/mol. The van der Waals surface area contributed by atoms with Crippen LogP contribution in [-0.2, 0) is 11.2 Å². The van der Waals surface area contributed by atoms with Gasteiger partial charge in [-0.25, -0.2) is 0 Å². The number of para-hydroxylation sites is 1. The third kappa shape index (κ3) is 2.97. The van der Waals surface area contributed by atoms with Crippen molar-refractivity contribution in [3.05, 3.63) is 65.7 Å². The van der Waals surface area contributed by atoms with E-state index in [-0.39, 0.29) is 17.9 Å². The van der Waals surface area contributed by atoms with Crippen molar-refractivity contribution in [2.24, 2.45) is 0 Å². The molecular weight excluding hydrogens is 288 g/mol. The lowest BCUT2D eigenvalue weighted by atomic mass is 10.1. The molecule has 118 valence electrons. The van der Waals surface area contributed by atoms with Crippen LogP contribution in [0, 0.1) is 0 Å². The summed E-state index contributed by atoms with van der Waals surface area (Å²) in [4.78, 5) is 27.1. The summed E-state index contributed by atoms with van der Waals surface area (Å²) < 4.78 is 0. The van der Waals surface area contributed by atoms with E-state index in [1.807, 2.05) is 56.3 Å². The normalized spacial score (nSPS) is 16.3. The largest absolute Gasteiger partial charge is 0.352 e. The fraction of sp³-hybridized carbons (Fsp3) is 0.263. The maximum atomic E-state index is 13.0. The minimum atomic E-state index is -0.498. The smallest absolute Gasteiger partial charge is 0.259 e. The van der Waals surface area contributed by atoms with Gasteiger partial charge in [0.15, 0.2) is 0 Å². The minimum absolute atomic E-state index is 0.0416. The Hall–Kier alpha value is -2.62. The first-order valence-electron chi connectivity index (χ1n) is 7.85. The van der Waals surface area contributed by atoms with E-state index >= 15 is 0 Å². The summed E-state index contributed by atoms with van der Waals surface area (Å²) in [6, 6.07) is 16.3. The Morgan fingerprint density at radius 1 is 1.04 bits per heavy atom. The van der Waals surface area contributed by atoms with Gasteiger partial charge in [0.1, 0.15) is 6.04 Å². The molecule has 2 aromatic rings. The van der Waals surface area contributed by atoms with E-state index in [4.69, 9.17) is 0 Å². The Balaban J connectivity index is 1.98. The van der Waals surface area contributed by atoms with Crippen LogP contribution < -0.4 is 10.2 Å². The number of amides is 2. The molecule has 23 heavy (non-hydrogen) atoms. The second kappa shape index (κ2) is 6.24. The van der Waals surface area contributed by atoms with Crippen molar-refractivity contribution < 1.29 is 9.59 Å². The lowest BCUT2D eigenvalue weighted by molar-refractivity contribution is -0.122. The van der Waals surface area contributed by atoms with Gasteiger partial charge in [0, 0.05) is 23.7 Å². The topological polar surface area (TPSA) is 49.4 Å². The van der Waals surface area contributed by atoms with Crippen molar-refractivity contribution in [1.29, 1.82) is 0 Å². The van der Waals surface area contributed by atoms with Crippen LogP contribution in [0.3, 0.4) is 0 Å². The van der Waals surface area contributed by atoms with Gasteiger partial charge in [-0.05, 0) is 37.6 Å². The molecule has 2 amide bonds. The Morgan fingerprint density at radius 2 is 1.70 bits per heavy atom. The van der Waals surface area contributed by atoms with E-state index in [1.54, 1.807) is 17.0 Å². The van der Waals surface area contributed by atoms with Gasteiger partial charge in [-0.3, -0.25) is 14.5 Å². The van der Waals surface area contributed by atoms with Crippen molar-refractivity contribution in [2.45, 2.75) is 32.4 Å². The number of hydrogen-bond acceptors (Lipinski definition) is 2. The third-order valence-electron chi connectivity index (χ3n) is 3.95. The van der Waals surface area contributed by atoms with Crippen LogP contribution >= 0.6 is 0 Å². The number of carbonyl (C=O) groups excluding carboxylic acids is 2. The molecule has 0 fully saturated rings. The van der Waals surface area contributed by atoms with Gasteiger partial charge in [0.05, 0.1) is 0 Å². The molecule has 1 heterocycles. The second-order valence-electron chi connectivity index (χ2n) is 6.05. The van der Waals surface area contributed by atoms with Crippen LogP contribution in [0.4, 0.5) is 5.69 Å².